The van der Waals surface area contributed by atoms with Gasteiger partial charge in [0, 0.05) is 11.1 Å². The molecule has 0 heterocycles. The molecule has 2 aromatic carbocycles. The smallest absolute Gasteiger partial charge is 0.151 e. The van der Waals surface area contributed by atoms with Crippen LogP contribution in [0.25, 0.3) is 16.8 Å². The Kier molecular flexibility index (Phi) is 3.99. The predicted molar refractivity (Wildman–Crippen MR) is 75.9 cm³/mol. The van der Waals surface area contributed by atoms with Crippen molar-refractivity contribution in [2.24, 2.45) is 11.6 Å². The third-order valence-electron chi connectivity index (χ3n) is 2.91. The van der Waals surface area contributed by atoms with Crippen LogP contribution in [0.15, 0.2) is 54.2 Å². The van der Waals surface area contributed by atoms with Gasteiger partial charge in [-0.25, -0.2) is 10.2 Å². The molecule has 0 aromatic heterocycles. The van der Waals surface area contributed by atoms with E-state index in [1.54, 1.807) is 42.5 Å². The van der Waals surface area contributed by atoms with Crippen LogP contribution in [0.1, 0.15) is 5.56 Å². The van der Waals surface area contributed by atoms with Crippen LogP contribution in [0.2, 0.25) is 0 Å². The van der Waals surface area contributed by atoms with Gasteiger partial charge in [-0.1, -0.05) is 42.5 Å². The second-order valence-corrected chi connectivity index (χ2v) is 4.10. The fraction of sp³-hybridized carbons (Fsp3) is 0. The second-order valence-electron chi connectivity index (χ2n) is 4.10. The van der Waals surface area contributed by atoms with E-state index in [0.717, 1.165) is 5.56 Å². The van der Waals surface area contributed by atoms with Crippen LogP contribution in [-0.4, -0.2) is 0 Å². The van der Waals surface area contributed by atoms with Crippen molar-refractivity contribution in [3.63, 3.8) is 0 Å². The van der Waals surface area contributed by atoms with Gasteiger partial charge >= 0.3 is 0 Å². The summed E-state index contributed by atoms with van der Waals surface area (Å²) in [6.07, 6.45) is 0. The van der Waals surface area contributed by atoms with Crippen molar-refractivity contribution in [2.45, 2.75) is 0 Å². The highest BCUT2D eigenvalue weighted by Gasteiger charge is 2.07. The average molecular weight is 268 g/mol. The van der Waals surface area contributed by atoms with Gasteiger partial charge in [-0.05, 0) is 11.6 Å². The molecule has 5 heteroatoms. The van der Waals surface area contributed by atoms with Crippen LogP contribution in [0.4, 0.5) is 4.39 Å². The molecule has 0 amide bonds. The molecule has 0 unspecified atom stereocenters. The van der Waals surface area contributed by atoms with Gasteiger partial charge in [0.2, 0.25) is 0 Å². The molecule has 0 bridgehead atoms. The minimum atomic E-state index is -0.287. The molecule has 0 fully saturated rings. The molecule has 0 aliphatic carbocycles. The lowest BCUT2D eigenvalue weighted by Crippen LogP contribution is -2.23. The van der Waals surface area contributed by atoms with E-state index >= 15 is 0 Å². The fourth-order valence-electron chi connectivity index (χ4n) is 1.84. The molecule has 4 nitrogen and oxygen atoms in total. The van der Waals surface area contributed by atoms with Crippen molar-refractivity contribution in [3.8, 4) is 17.2 Å². The number of nitriles is 1. The first-order chi connectivity index (χ1) is 9.67. The molecule has 0 aliphatic rings. The number of benzene rings is 2. The number of allylic oxidation sites excluding steroid dienone is 1. The lowest BCUT2D eigenvalue weighted by atomic mass is 10.0. The first-order valence-corrected chi connectivity index (χ1v) is 5.89. The summed E-state index contributed by atoms with van der Waals surface area (Å²) in [5.41, 5.74) is 10.3. The quantitative estimate of drug-likeness (QED) is 0.452. The van der Waals surface area contributed by atoms with E-state index in [0.29, 0.717) is 11.1 Å². The third kappa shape index (κ3) is 2.60. The molecule has 2 aromatic rings. The number of nitrogens with two attached hydrogens (primary N) is 2. The molecule has 20 heavy (non-hydrogen) atoms. The Morgan fingerprint density at radius 1 is 1.10 bits per heavy atom. The number of rotatable bonds is 3. The molecule has 0 saturated heterocycles. The van der Waals surface area contributed by atoms with E-state index in [4.69, 9.17) is 16.8 Å². The van der Waals surface area contributed by atoms with E-state index in [9.17, 15) is 4.39 Å². The van der Waals surface area contributed by atoms with Gasteiger partial charge in [0.05, 0.1) is 5.70 Å². The molecule has 0 spiro atoms. The highest BCUT2D eigenvalue weighted by atomic mass is 19.1. The first-order valence-electron chi connectivity index (χ1n) is 5.89. The number of halogens is 1. The Morgan fingerprint density at radius 2 is 1.75 bits per heavy atom. The molecular formula is C15H13FN4. The SMILES string of the molecule is N#C/C(NN)=C(/N)c1ccc(-c2ccccc2F)cc1. The van der Waals surface area contributed by atoms with Crippen LogP contribution in [0.5, 0.6) is 0 Å². The maximum atomic E-state index is 13.7. The largest absolute Gasteiger partial charge is 0.396 e. The molecule has 100 valence electrons. The molecule has 0 radical (unpaired) electrons. The lowest BCUT2D eigenvalue weighted by molar-refractivity contribution is 0.631. The van der Waals surface area contributed by atoms with Gasteiger partial charge in [0.25, 0.3) is 0 Å². The summed E-state index contributed by atoms with van der Waals surface area (Å²) in [6.45, 7) is 0. The third-order valence-corrected chi connectivity index (χ3v) is 2.91. The highest BCUT2D eigenvalue weighted by molar-refractivity contribution is 5.72. The summed E-state index contributed by atoms with van der Waals surface area (Å²) in [5, 5.41) is 8.85. The highest BCUT2D eigenvalue weighted by Crippen LogP contribution is 2.24. The van der Waals surface area contributed by atoms with Crippen LogP contribution in [0.3, 0.4) is 0 Å². The number of hydrogen-bond donors (Lipinski definition) is 3. The van der Waals surface area contributed by atoms with Gasteiger partial charge in [0.15, 0.2) is 5.70 Å². The average Bonchev–Trinajstić information content (AvgIpc) is 2.49. The zero-order chi connectivity index (χ0) is 14.5. The molecule has 5 N–H and O–H groups in total. The normalized spacial score (nSPS) is 11.4. The molecule has 0 atom stereocenters. The number of hydrazine groups is 1. The summed E-state index contributed by atoms with van der Waals surface area (Å²) in [7, 11) is 0. The Morgan fingerprint density at radius 3 is 2.30 bits per heavy atom. The van der Waals surface area contributed by atoms with E-state index in [1.807, 2.05) is 6.07 Å². The van der Waals surface area contributed by atoms with Crippen LogP contribution >= 0.6 is 0 Å². The number of nitrogens with zero attached hydrogens (tertiary/aromatic N) is 1. The van der Waals surface area contributed by atoms with Crippen molar-refractivity contribution in [2.75, 3.05) is 0 Å². The Balaban J connectivity index is 2.40. The summed E-state index contributed by atoms with van der Waals surface area (Å²) >= 11 is 0. The van der Waals surface area contributed by atoms with Gasteiger partial charge in [-0.3, -0.25) is 0 Å². The minimum absolute atomic E-state index is 0.0867. The minimum Gasteiger partial charge on any atom is -0.396 e. The first kappa shape index (κ1) is 13.6. The van der Waals surface area contributed by atoms with Crippen molar-refractivity contribution in [3.05, 3.63) is 65.6 Å². The Bertz CT molecular complexity index is 684. The van der Waals surface area contributed by atoms with Gasteiger partial charge < -0.3 is 11.2 Å². The second kappa shape index (κ2) is 5.87. The zero-order valence-corrected chi connectivity index (χ0v) is 10.6. The van der Waals surface area contributed by atoms with Crippen molar-refractivity contribution >= 4 is 5.70 Å². The number of nitrogens with one attached hydrogen (secondary N) is 1. The van der Waals surface area contributed by atoms with Gasteiger partial charge in [-0.2, -0.15) is 5.26 Å². The van der Waals surface area contributed by atoms with Crippen LogP contribution < -0.4 is 17.0 Å². The lowest BCUT2D eigenvalue weighted by Gasteiger charge is -2.07. The van der Waals surface area contributed by atoms with Crippen LogP contribution in [-0.2, 0) is 0 Å². The summed E-state index contributed by atoms with van der Waals surface area (Å²) in [6, 6.07) is 15.3. The van der Waals surface area contributed by atoms with E-state index in [1.165, 1.54) is 6.07 Å². The standard InChI is InChI=1S/C15H13FN4/c16-13-4-2-1-3-12(13)10-5-7-11(8-6-10)15(18)14(9-17)20-19/h1-8,20H,18-19H2/b15-14-. The van der Waals surface area contributed by atoms with Crippen molar-refractivity contribution in [1.29, 1.82) is 5.26 Å². The molecule has 2 rings (SSSR count). The maximum Gasteiger partial charge on any atom is 0.151 e. The zero-order valence-electron chi connectivity index (χ0n) is 10.6. The monoisotopic (exact) mass is 268 g/mol. The van der Waals surface area contributed by atoms with Gasteiger partial charge in [-0.15, -0.1) is 0 Å². The molecule has 0 saturated carbocycles. The maximum absolute atomic E-state index is 13.7. The topological polar surface area (TPSA) is 87.9 Å². The van der Waals surface area contributed by atoms with E-state index in [2.05, 4.69) is 5.43 Å². The van der Waals surface area contributed by atoms with Crippen molar-refractivity contribution in [1.82, 2.24) is 5.43 Å². The van der Waals surface area contributed by atoms with E-state index in [-0.39, 0.29) is 17.2 Å². The fourth-order valence-corrected chi connectivity index (χ4v) is 1.84. The summed E-state index contributed by atoms with van der Waals surface area (Å²) < 4.78 is 13.7. The Labute approximate surface area is 116 Å². The van der Waals surface area contributed by atoms with Gasteiger partial charge in [0.1, 0.15) is 11.9 Å². The van der Waals surface area contributed by atoms with E-state index < -0.39 is 0 Å². The summed E-state index contributed by atoms with van der Waals surface area (Å²) in [5.74, 6) is 4.92. The number of hydrogen-bond acceptors (Lipinski definition) is 4. The van der Waals surface area contributed by atoms with Crippen LogP contribution in [0, 0.1) is 17.1 Å². The molecule has 0 aliphatic heterocycles. The Hall–Kier alpha value is -2.84. The summed E-state index contributed by atoms with van der Waals surface area (Å²) in [4.78, 5) is 0. The predicted octanol–water partition coefficient (Wildman–Crippen LogP) is 2.11. The van der Waals surface area contributed by atoms with Crippen molar-refractivity contribution < 1.29 is 4.39 Å². The molecular weight excluding hydrogens is 255 g/mol.